The molecule has 0 bridgehead atoms. The lowest BCUT2D eigenvalue weighted by Gasteiger charge is -2.46. The summed E-state index contributed by atoms with van der Waals surface area (Å²) in [4.78, 5) is 34.4. The highest BCUT2D eigenvalue weighted by Gasteiger charge is 2.73. The second kappa shape index (κ2) is 6.19. The molecule has 3 aliphatic rings. The maximum atomic E-state index is 11.7. The molecule has 0 aliphatic carbocycles. The molecule has 0 radical (unpaired) electrons. The molecule has 3 rings (SSSR count). The van der Waals surface area contributed by atoms with Crippen molar-refractivity contribution in [2.75, 3.05) is 20.3 Å². The van der Waals surface area contributed by atoms with Crippen molar-refractivity contribution in [2.24, 2.45) is 0 Å². The number of methoxy groups -OCH3 is 1. The fraction of sp³-hybridized carbons (Fsp3) is 0.786. The number of hydrogen-bond donors (Lipinski definition) is 0. The first-order chi connectivity index (χ1) is 11.4. The molecule has 3 saturated heterocycles. The molecule has 0 N–H and O–H groups in total. The molecule has 3 fully saturated rings. The van der Waals surface area contributed by atoms with Gasteiger partial charge in [0.15, 0.2) is 24.6 Å². The standard InChI is InChI=1S/C14H18O10/c1-6(15)19-4-8-10(21-7(2)16)14-9(23-13(17)24-14)5-20-11(14)12(18-3)22-8/h8-12H,4-5H2,1-3H3/t8-,9-,10-,11+,12+,14+/m1/s1. The van der Waals surface area contributed by atoms with Crippen LogP contribution in [0.1, 0.15) is 13.8 Å². The van der Waals surface area contributed by atoms with Crippen molar-refractivity contribution < 1.29 is 47.5 Å². The van der Waals surface area contributed by atoms with E-state index in [4.69, 9.17) is 33.2 Å². The number of carbonyl (C=O) groups is 3. The van der Waals surface area contributed by atoms with Crippen LogP contribution >= 0.6 is 0 Å². The van der Waals surface area contributed by atoms with Crippen molar-refractivity contribution >= 4 is 18.1 Å². The number of carbonyl (C=O) groups excluding carboxylic acids is 3. The van der Waals surface area contributed by atoms with Crippen LogP contribution < -0.4 is 0 Å². The van der Waals surface area contributed by atoms with Gasteiger partial charge in [0.2, 0.25) is 5.60 Å². The van der Waals surface area contributed by atoms with Gasteiger partial charge in [-0.25, -0.2) is 4.79 Å². The first kappa shape index (κ1) is 16.9. The van der Waals surface area contributed by atoms with Gasteiger partial charge in [-0.2, -0.15) is 0 Å². The van der Waals surface area contributed by atoms with Gasteiger partial charge in [-0.15, -0.1) is 0 Å². The Morgan fingerprint density at radius 2 is 2.04 bits per heavy atom. The molecule has 6 atom stereocenters. The van der Waals surface area contributed by atoms with Crippen LogP contribution in [0.5, 0.6) is 0 Å². The molecule has 134 valence electrons. The molecule has 24 heavy (non-hydrogen) atoms. The second-order valence-corrected chi connectivity index (χ2v) is 5.68. The lowest BCUT2D eigenvalue weighted by atomic mass is 9.81. The van der Waals surface area contributed by atoms with Crippen LogP contribution in [0.3, 0.4) is 0 Å². The quantitative estimate of drug-likeness (QED) is 0.488. The lowest BCUT2D eigenvalue weighted by molar-refractivity contribution is -0.312. The van der Waals surface area contributed by atoms with E-state index in [1.807, 2.05) is 0 Å². The minimum atomic E-state index is -1.42. The summed E-state index contributed by atoms with van der Waals surface area (Å²) in [6, 6.07) is 0. The van der Waals surface area contributed by atoms with Gasteiger partial charge in [0.25, 0.3) is 0 Å². The molecule has 0 unspecified atom stereocenters. The number of esters is 2. The Bertz CT molecular complexity index is 548. The van der Waals surface area contributed by atoms with Crippen LogP contribution in [-0.2, 0) is 42.7 Å². The molecule has 0 aromatic heterocycles. The zero-order valence-electron chi connectivity index (χ0n) is 13.4. The average molecular weight is 346 g/mol. The molecule has 3 aliphatic heterocycles. The summed E-state index contributed by atoms with van der Waals surface area (Å²) in [5.41, 5.74) is -1.42. The van der Waals surface area contributed by atoms with Gasteiger partial charge < -0.3 is 33.2 Å². The lowest BCUT2D eigenvalue weighted by Crippen LogP contribution is -2.69. The van der Waals surface area contributed by atoms with Crippen LogP contribution in [0.15, 0.2) is 0 Å². The maximum Gasteiger partial charge on any atom is 0.509 e. The van der Waals surface area contributed by atoms with Crippen molar-refractivity contribution in [1.82, 2.24) is 0 Å². The Balaban J connectivity index is 1.97. The summed E-state index contributed by atoms with van der Waals surface area (Å²) in [5.74, 6) is -1.15. The maximum absolute atomic E-state index is 11.7. The van der Waals surface area contributed by atoms with E-state index in [-0.39, 0.29) is 13.2 Å². The molecule has 10 heteroatoms. The largest absolute Gasteiger partial charge is 0.509 e. The van der Waals surface area contributed by atoms with E-state index >= 15 is 0 Å². The smallest absolute Gasteiger partial charge is 0.463 e. The van der Waals surface area contributed by atoms with E-state index in [1.165, 1.54) is 21.0 Å². The van der Waals surface area contributed by atoms with Crippen LogP contribution in [0.2, 0.25) is 0 Å². The zero-order valence-corrected chi connectivity index (χ0v) is 13.4. The van der Waals surface area contributed by atoms with Crippen molar-refractivity contribution in [3.05, 3.63) is 0 Å². The Kier molecular flexibility index (Phi) is 4.37. The van der Waals surface area contributed by atoms with Crippen molar-refractivity contribution in [1.29, 1.82) is 0 Å². The first-order valence-electron chi connectivity index (χ1n) is 7.38. The molecule has 0 aromatic rings. The van der Waals surface area contributed by atoms with Gasteiger partial charge in [-0.3, -0.25) is 9.59 Å². The van der Waals surface area contributed by atoms with Gasteiger partial charge in [0.1, 0.15) is 12.7 Å². The molecular weight excluding hydrogens is 328 g/mol. The summed E-state index contributed by atoms with van der Waals surface area (Å²) in [5, 5.41) is 0. The SMILES string of the molecule is CO[C@H]1O[C@H](COC(C)=O)[C@@H](OC(C)=O)[C@@]23OC(=O)O[C@@H]2CO[C@@H]13. The fourth-order valence-electron chi connectivity index (χ4n) is 3.32. The van der Waals surface area contributed by atoms with Crippen molar-refractivity contribution in [3.63, 3.8) is 0 Å². The molecular formula is C14H18O10. The average Bonchev–Trinajstić information content (AvgIpc) is 3.00. The van der Waals surface area contributed by atoms with Gasteiger partial charge in [-0.05, 0) is 0 Å². The van der Waals surface area contributed by atoms with Crippen LogP contribution in [0.25, 0.3) is 0 Å². The summed E-state index contributed by atoms with van der Waals surface area (Å²) in [6.07, 6.45) is -5.45. The van der Waals surface area contributed by atoms with Gasteiger partial charge in [0.05, 0.1) is 6.61 Å². The van der Waals surface area contributed by atoms with Crippen molar-refractivity contribution in [3.8, 4) is 0 Å². The van der Waals surface area contributed by atoms with Gasteiger partial charge >= 0.3 is 18.1 Å². The monoisotopic (exact) mass is 346 g/mol. The van der Waals surface area contributed by atoms with E-state index in [2.05, 4.69) is 0 Å². The third-order valence-electron chi connectivity index (χ3n) is 4.19. The Labute approximate surface area is 137 Å². The summed E-state index contributed by atoms with van der Waals surface area (Å²) >= 11 is 0. The Morgan fingerprint density at radius 3 is 2.67 bits per heavy atom. The highest BCUT2D eigenvalue weighted by Crippen LogP contribution is 2.48. The minimum absolute atomic E-state index is 0.0394. The second-order valence-electron chi connectivity index (χ2n) is 5.68. The number of hydrogen-bond acceptors (Lipinski definition) is 10. The molecule has 0 saturated carbocycles. The van der Waals surface area contributed by atoms with Crippen molar-refractivity contribution in [2.45, 2.75) is 50.2 Å². The normalized spacial score (nSPS) is 40.1. The Morgan fingerprint density at radius 1 is 1.29 bits per heavy atom. The van der Waals surface area contributed by atoms with Crippen LogP contribution in [0.4, 0.5) is 4.79 Å². The Hall–Kier alpha value is -1.91. The van der Waals surface area contributed by atoms with Gasteiger partial charge in [0, 0.05) is 21.0 Å². The minimum Gasteiger partial charge on any atom is -0.463 e. The predicted octanol–water partition coefficient (Wildman–Crippen LogP) is -0.474. The summed E-state index contributed by atoms with van der Waals surface area (Å²) in [6.45, 7) is 2.27. The topological polar surface area (TPSA) is 116 Å². The number of ether oxygens (including phenoxy) is 7. The third-order valence-corrected chi connectivity index (χ3v) is 4.19. The number of rotatable bonds is 4. The van der Waals surface area contributed by atoms with E-state index in [1.54, 1.807) is 0 Å². The summed E-state index contributed by atoms with van der Waals surface area (Å²) < 4.78 is 37.4. The van der Waals surface area contributed by atoms with Gasteiger partial charge in [-0.1, -0.05) is 0 Å². The van der Waals surface area contributed by atoms with E-state index < -0.39 is 54.4 Å². The fourth-order valence-corrected chi connectivity index (χ4v) is 3.32. The van der Waals surface area contributed by atoms with E-state index in [0.717, 1.165) is 0 Å². The van der Waals surface area contributed by atoms with Crippen LogP contribution in [-0.4, -0.2) is 74.7 Å². The van der Waals surface area contributed by atoms with Crippen LogP contribution in [0, 0.1) is 0 Å². The van der Waals surface area contributed by atoms with E-state index in [9.17, 15) is 14.4 Å². The highest BCUT2D eigenvalue weighted by molar-refractivity contribution is 5.68. The highest BCUT2D eigenvalue weighted by atomic mass is 16.8. The van der Waals surface area contributed by atoms with E-state index in [0.29, 0.717) is 0 Å². The molecule has 10 nitrogen and oxygen atoms in total. The summed E-state index contributed by atoms with van der Waals surface area (Å²) in [7, 11) is 1.39. The molecule has 1 spiro atoms. The zero-order chi connectivity index (χ0) is 17.5. The molecule has 0 amide bonds. The predicted molar refractivity (Wildman–Crippen MR) is 71.7 cm³/mol. The third kappa shape index (κ3) is 2.60. The first-order valence-corrected chi connectivity index (χ1v) is 7.38. The molecule has 3 heterocycles. The molecule has 0 aromatic carbocycles.